The molecule has 0 aromatic heterocycles. The summed E-state index contributed by atoms with van der Waals surface area (Å²) < 4.78 is 27.3. The van der Waals surface area contributed by atoms with Gasteiger partial charge in [0, 0.05) is 16.4 Å². The van der Waals surface area contributed by atoms with E-state index < -0.39 is 0 Å². The van der Waals surface area contributed by atoms with E-state index in [1.165, 1.54) is 30.0 Å². The number of hydrogen-bond donors (Lipinski definition) is 1. The summed E-state index contributed by atoms with van der Waals surface area (Å²) in [6.07, 6.45) is 1.90. The molecule has 1 aliphatic heterocycles. The molecule has 2 atom stereocenters. The van der Waals surface area contributed by atoms with Crippen molar-refractivity contribution < 1.29 is 8.78 Å². The Balaban J connectivity index is 2.01. The van der Waals surface area contributed by atoms with Crippen LogP contribution in [0.5, 0.6) is 0 Å². The van der Waals surface area contributed by atoms with Gasteiger partial charge in [0.25, 0.3) is 0 Å². The summed E-state index contributed by atoms with van der Waals surface area (Å²) >= 11 is 12.1. The van der Waals surface area contributed by atoms with E-state index in [2.05, 4.69) is 12.6 Å². The van der Waals surface area contributed by atoms with Crippen molar-refractivity contribution >= 4 is 40.9 Å². The number of benzene rings is 2. The first-order chi connectivity index (χ1) is 10.1. The number of hydrogen-bond acceptors (Lipinski definition) is 2. The zero-order valence-electron chi connectivity index (χ0n) is 10.8. The van der Waals surface area contributed by atoms with Gasteiger partial charge in [0.1, 0.15) is 11.6 Å². The molecule has 1 heterocycles. The maximum Gasteiger partial charge on any atom is 0.133 e. The largest absolute Gasteiger partial charge is 0.207 e. The van der Waals surface area contributed by atoms with Crippen molar-refractivity contribution in [3.63, 3.8) is 0 Å². The van der Waals surface area contributed by atoms with Gasteiger partial charge in [0.2, 0.25) is 0 Å². The second-order valence-electron chi connectivity index (χ2n) is 4.72. The highest BCUT2D eigenvalue weighted by Gasteiger charge is 2.29. The molecule has 2 unspecified atom stereocenters. The maximum atomic E-state index is 14.0. The first kappa shape index (κ1) is 14.9. The van der Waals surface area contributed by atoms with E-state index in [1.807, 2.05) is 12.1 Å². The SMILES string of the molecule is Fc1cccc(C2C=C(c3c(F)cccc3Cl)SC2S)c1. The summed E-state index contributed by atoms with van der Waals surface area (Å²) in [6.45, 7) is 0. The smallest absolute Gasteiger partial charge is 0.133 e. The van der Waals surface area contributed by atoms with Crippen LogP contribution in [0.25, 0.3) is 4.91 Å². The van der Waals surface area contributed by atoms with Gasteiger partial charge in [-0.3, -0.25) is 0 Å². The first-order valence-corrected chi connectivity index (χ1v) is 8.10. The Morgan fingerprint density at radius 2 is 1.86 bits per heavy atom. The molecule has 0 N–H and O–H groups in total. The van der Waals surface area contributed by atoms with Crippen LogP contribution in [0.1, 0.15) is 17.0 Å². The van der Waals surface area contributed by atoms with E-state index >= 15 is 0 Å². The Morgan fingerprint density at radius 3 is 2.57 bits per heavy atom. The summed E-state index contributed by atoms with van der Waals surface area (Å²) in [4.78, 5) is 0.743. The Kier molecular flexibility index (Phi) is 4.29. The Bertz CT molecular complexity index is 695. The molecule has 0 nitrogen and oxygen atoms in total. The Labute approximate surface area is 136 Å². The van der Waals surface area contributed by atoms with Crippen LogP contribution in [0, 0.1) is 11.6 Å². The fourth-order valence-electron chi connectivity index (χ4n) is 2.34. The molecule has 108 valence electrons. The van der Waals surface area contributed by atoms with Gasteiger partial charge in [-0.25, -0.2) is 8.78 Å². The lowest BCUT2D eigenvalue weighted by Crippen LogP contribution is -2.02. The minimum Gasteiger partial charge on any atom is -0.207 e. The topological polar surface area (TPSA) is 0 Å². The van der Waals surface area contributed by atoms with Crippen LogP contribution < -0.4 is 0 Å². The molecule has 0 saturated carbocycles. The normalized spacial score (nSPS) is 21.4. The fraction of sp³-hybridized carbons (Fsp3) is 0.125. The summed E-state index contributed by atoms with van der Waals surface area (Å²) in [5.74, 6) is -0.731. The molecule has 2 aromatic carbocycles. The monoisotopic (exact) mass is 340 g/mol. The van der Waals surface area contributed by atoms with E-state index in [0.29, 0.717) is 10.6 Å². The number of allylic oxidation sites excluding steroid dienone is 1. The minimum atomic E-state index is -0.360. The molecule has 0 spiro atoms. The molecule has 0 saturated heterocycles. The van der Waals surface area contributed by atoms with Crippen molar-refractivity contribution in [2.45, 2.75) is 10.5 Å². The molecule has 21 heavy (non-hydrogen) atoms. The Morgan fingerprint density at radius 1 is 1.10 bits per heavy atom. The summed E-state index contributed by atoms with van der Waals surface area (Å²) in [6, 6.07) is 11.0. The third-order valence-corrected chi connectivity index (χ3v) is 5.41. The van der Waals surface area contributed by atoms with Gasteiger partial charge in [0.15, 0.2) is 0 Å². The van der Waals surface area contributed by atoms with Crippen LogP contribution in [0.3, 0.4) is 0 Å². The van der Waals surface area contributed by atoms with Crippen LogP contribution >= 0.6 is 36.0 Å². The number of thiol groups is 1. The highest BCUT2D eigenvalue weighted by Crippen LogP contribution is 2.50. The van der Waals surface area contributed by atoms with E-state index in [-0.39, 0.29) is 22.1 Å². The molecule has 0 aliphatic carbocycles. The molecule has 3 rings (SSSR count). The average molecular weight is 341 g/mol. The Hall–Kier alpha value is -0.970. The van der Waals surface area contributed by atoms with Gasteiger partial charge < -0.3 is 0 Å². The number of rotatable bonds is 2. The number of halogens is 3. The zero-order valence-corrected chi connectivity index (χ0v) is 13.2. The molecule has 1 aliphatic rings. The molecule has 0 radical (unpaired) electrons. The van der Waals surface area contributed by atoms with E-state index in [9.17, 15) is 8.78 Å². The molecule has 0 amide bonds. The molecule has 0 bridgehead atoms. The third-order valence-electron chi connectivity index (χ3n) is 3.33. The van der Waals surface area contributed by atoms with E-state index in [1.54, 1.807) is 18.2 Å². The lowest BCUT2D eigenvalue weighted by atomic mass is 9.99. The quantitative estimate of drug-likeness (QED) is 0.679. The van der Waals surface area contributed by atoms with Crippen LogP contribution in [0.4, 0.5) is 8.78 Å². The zero-order chi connectivity index (χ0) is 15.0. The van der Waals surface area contributed by atoms with E-state index in [4.69, 9.17) is 11.6 Å². The lowest BCUT2D eigenvalue weighted by molar-refractivity contribution is 0.623. The fourth-order valence-corrected chi connectivity index (χ4v) is 4.45. The lowest BCUT2D eigenvalue weighted by Gasteiger charge is -2.13. The summed E-state index contributed by atoms with van der Waals surface area (Å²) in [7, 11) is 0. The maximum absolute atomic E-state index is 14.0. The van der Waals surface area contributed by atoms with Crippen molar-refractivity contribution in [2.24, 2.45) is 0 Å². The van der Waals surface area contributed by atoms with Gasteiger partial charge >= 0.3 is 0 Å². The average Bonchev–Trinajstić information content (AvgIpc) is 2.80. The second-order valence-corrected chi connectivity index (χ2v) is 7.21. The minimum absolute atomic E-state index is 0.0836. The van der Waals surface area contributed by atoms with Crippen molar-refractivity contribution in [3.05, 3.63) is 76.3 Å². The van der Waals surface area contributed by atoms with Gasteiger partial charge in [-0.2, -0.15) is 12.6 Å². The van der Waals surface area contributed by atoms with Crippen LogP contribution in [0.15, 0.2) is 48.5 Å². The molecule has 2 aromatic rings. The first-order valence-electron chi connectivity index (χ1n) is 6.32. The predicted molar refractivity (Wildman–Crippen MR) is 88.9 cm³/mol. The van der Waals surface area contributed by atoms with Gasteiger partial charge in [-0.15, -0.1) is 11.8 Å². The van der Waals surface area contributed by atoms with Crippen LogP contribution in [-0.4, -0.2) is 4.58 Å². The molecular formula is C16H11ClF2S2. The van der Waals surface area contributed by atoms with Crippen molar-refractivity contribution in [1.82, 2.24) is 0 Å². The van der Waals surface area contributed by atoms with Crippen molar-refractivity contribution in [3.8, 4) is 0 Å². The standard InChI is InChI=1S/C16H11ClF2S2/c17-12-5-2-6-13(19)15(12)14-8-11(16(20)21-14)9-3-1-4-10(18)7-9/h1-8,11,16,20H. The third kappa shape index (κ3) is 2.98. The summed E-state index contributed by atoms with van der Waals surface area (Å²) in [5, 5.41) is 0.370. The van der Waals surface area contributed by atoms with Crippen molar-refractivity contribution in [2.75, 3.05) is 0 Å². The summed E-state index contributed by atoms with van der Waals surface area (Å²) in [5.41, 5.74) is 1.21. The van der Waals surface area contributed by atoms with Crippen LogP contribution in [0.2, 0.25) is 5.02 Å². The van der Waals surface area contributed by atoms with Gasteiger partial charge in [-0.05, 0) is 29.8 Å². The highest BCUT2D eigenvalue weighted by molar-refractivity contribution is 8.17. The molecular weight excluding hydrogens is 330 g/mol. The molecule has 0 fully saturated rings. The number of thioether (sulfide) groups is 1. The predicted octanol–water partition coefficient (Wildman–Crippen LogP) is 5.75. The molecule has 5 heteroatoms. The highest BCUT2D eigenvalue weighted by atomic mass is 35.5. The van der Waals surface area contributed by atoms with Gasteiger partial charge in [0.05, 0.1) is 9.60 Å². The van der Waals surface area contributed by atoms with Crippen LogP contribution in [-0.2, 0) is 0 Å². The van der Waals surface area contributed by atoms with E-state index in [0.717, 1.165) is 10.5 Å². The second kappa shape index (κ2) is 6.03. The van der Waals surface area contributed by atoms with Gasteiger partial charge in [-0.1, -0.05) is 35.9 Å². The van der Waals surface area contributed by atoms with Crippen molar-refractivity contribution in [1.29, 1.82) is 0 Å².